The Hall–Kier alpha value is -3.68. The standard InChI is InChI=1S/C21H19FN4O3/c22-15-7-5-13-11-14(20(28)24-17(13)12-15)6-8-19(27)23-9-10-26-18-4-2-1-3-16(18)25-21(26)29/h1-5,7,11-12H,6,8-10H2,(H,23,27)(H,24,28)(H,25,29). The molecule has 0 aliphatic rings. The van der Waals surface area contributed by atoms with Crippen molar-refractivity contribution < 1.29 is 9.18 Å². The number of hydrogen-bond donors (Lipinski definition) is 3. The third-order valence-electron chi connectivity index (χ3n) is 4.85. The molecule has 1 amide bonds. The largest absolute Gasteiger partial charge is 0.354 e. The molecule has 0 atom stereocenters. The minimum atomic E-state index is -0.422. The molecule has 0 spiro atoms. The average molecular weight is 394 g/mol. The number of hydrogen-bond acceptors (Lipinski definition) is 3. The van der Waals surface area contributed by atoms with Crippen LogP contribution in [0.2, 0.25) is 0 Å². The number of halogens is 1. The summed E-state index contributed by atoms with van der Waals surface area (Å²) in [6.45, 7) is 0.644. The highest BCUT2D eigenvalue weighted by molar-refractivity contribution is 5.80. The molecule has 3 N–H and O–H groups in total. The SMILES string of the molecule is O=C(CCc1cc2ccc(F)cc2[nH]c1=O)NCCn1c(=O)[nH]c2ccccc21. The van der Waals surface area contributed by atoms with Crippen molar-refractivity contribution in [2.24, 2.45) is 0 Å². The van der Waals surface area contributed by atoms with E-state index in [1.165, 1.54) is 12.1 Å². The summed E-state index contributed by atoms with van der Waals surface area (Å²) in [5.41, 5.74) is 1.87. The first-order chi connectivity index (χ1) is 14.0. The molecule has 0 radical (unpaired) electrons. The van der Waals surface area contributed by atoms with Gasteiger partial charge < -0.3 is 15.3 Å². The molecular formula is C21H19FN4O3. The molecule has 0 saturated heterocycles. The van der Waals surface area contributed by atoms with Crippen LogP contribution in [0.25, 0.3) is 21.9 Å². The summed E-state index contributed by atoms with van der Waals surface area (Å²) in [5, 5.41) is 3.48. The number of fused-ring (bicyclic) bond motifs is 2. The van der Waals surface area contributed by atoms with Gasteiger partial charge >= 0.3 is 5.69 Å². The maximum atomic E-state index is 13.3. The van der Waals surface area contributed by atoms with E-state index < -0.39 is 5.82 Å². The third kappa shape index (κ3) is 3.96. The van der Waals surface area contributed by atoms with Gasteiger partial charge in [-0.3, -0.25) is 14.2 Å². The van der Waals surface area contributed by atoms with Gasteiger partial charge in [0.1, 0.15) is 5.82 Å². The number of aromatic nitrogens is 3. The Balaban J connectivity index is 1.36. The highest BCUT2D eigenvalue weighted by Gasteiger charge is 2.09. The number of carbonyl (C=O) groups excluding carboxylic acids is 1. The fourth-order valence-corrected chi connectivity index (χ4v) is 3.38. The van der Waals surface area contributed by atoms with Gasteiger partial charge in [0.05, 0.1) is 16.6 Å². The van der Waals surface area contributed by atoms with Gasteiger partial charge in [0, 0.05) is 25.1 Å². The van der Waals surface area contributed by atoms with Crippen LogP contribution in [0, 0.1) is 5.82 Å². The van der Waals surface area contributed by atoms with Crippen molar-refractivity contribution in [3.63, 3.8) is 0 Å². The van der Waals surface area contributed by atoms with Gasteiger partial charge in [-0.25, -0.2) is 9.18 Å². The number of para-hydroxylation sites is 2. The highest BCUT2D eigenvalue weighted by Crippen LogP contribution is 2.13. The Bertz CT molecular complexity index is 1320. The van der Waals surface area contributed by atoms with Crippen LogP contribution < -0.4 is 16.6 Å². The second kappa shape index (κ2) is 7.75. The summed E-state index contributed by atoms with van der Waals surface area (Å²) in [7, 11) is 0. The second-order valence-corrected chi connectivity index (χ2v) is 6.80. The fraction of sp³-hybridized carbons (Fsp3) is 0.190. The van der Waals surface area contributed by atoms with E-state index in [0.717, 1.165) is 11.0 Å². The summed E-state index contributed by atoms with van der Waals surface area (Å²) in [6, 6.07) is 13.2. The molecule has 2 heterocycles. The number of aromatic amines is 2. The van der Waals surface area contributed by atoms with Gasteiger partial charge in [-0.2, -0.15) is 0 Å². The lowest BCUT2D eigenvalue weighted by molar-refractivity contribution is -0.121. The van der Waals surface area contributed by atoms with Gasteiger partial charge in [-0.05, 0) is 48.2 Å². The normalized spacial score (nSPS) is 11.2. The van der Waals surface area contributed by atoms with E-state index in [1.54, 1.807) is 16.7 Å². The molecule has 4 aromatic rings. The lowest BCUT2D eigenvalue weighted by Gasteiger charge is -2.07. The predicted octanol–water partition coefficient (Wildman–Crippen LogP) is 2.06. The smallest absolute Gasteiger partial charge is 0.326 e. The number of rotatable bonds is 6. The molecule has 148 valence electrons. The van der Waals surface area contributed by atoms with E-state index in [1.807, 2.05) is 24.3 Å². The van der Waals surface area contributed by atoms with Crippen molar-refractivity contribution in [2.45, 2.75) is 19.4 Å². The molecule has 0 aliphatic carbocycles. The van der Waals surface area contributed by atoms with Crippen molar-refractivity contribution in [3.8, 4) is 0 Å². The summed E-state index contributed by atoms with van der Waals surface area (Å²) in [4.78, 5) is 41.7. The van der Waals surface area contributed by atoms with Gasteiger partial charge in [-0.15, -0.1) is 0 Å². The maximum Gasteiger partial charge on any atom is 0.326 e. The van der Waals surface area contributed by atoms with E-state index in [4.69, 9.17) is 0 Å². The van der Waals surface area contributed by atoms with Crippen molar-refractivity contribution in [2.75, 3.05) is 6.54 Å². The van der Waals surface area contributed by atoms with Crippen LogP contribution in [0.3, 0.4) is 0 Å². The van der Waals surface area contributed by atoms with Crippen LogP contribution in [0.15, 0.2) is 58.1 Å². The van der Waals surface area contributed by atoms with E-state index in [2.05, 4.69) is 15.3 Å². The molecule has 4 rings (SSSR count). The van der Waals surface area contributed by atoms with E-state index >= 15 is 0 Å². The zero-order valence-electron chi connectivity index (χ0n) is 15.5. The number of nitrogens with zero attached hydrogens (tertiary/aromatic N) is 1. The van der Waals surface area contributed by atoms with Crippen molar-refractivity contribution in [1.29, 1.82) is 0 Å². The Labute approximate surface area is 164 Å². The summed E-state index contributed by atoms with van der Waals surface area (Å²) in [5.74, 6) is -0.633. The second-order valence-electron chi connectivity index (χ2n) is 6.80. The molecule has 29 heavy (non-hydrogen) atoms. The van der Waals surface area contributed by atoms with E-state index in [9.17, 15) is 18.8 Å². The summed E-state index contributed by atoms with van der Waals surface area (Å²) >= 11 is 0. The summed E-state index contributed by atoms with van der Waals surface area (Å²) < 4.78 is 14.8. The zero-order valence-corrected chi connectivity index (χ0v) is 15.5. The number of pyridine rings is 1. The first-order valence-corrected chi connectivity index (χ1v) is 9.27. The van der Waals surface area contributed by atoms with Gasteiger partial charge in [0.15, 0.2) is 0 Å². The number of H-pyrrole nitrogens is 2. The first kappa shape index (κ1) is 18.7. The Morgan fingerprint density at radius 3 is 2.72 bits per heavy atom. The molecular weight excluding hydrogens is 375 g/mol. The lowest BCUT2D eigenvalue weighted by atomic mass is 10.1. The molecule has 2 aromatic carbocycles. The molecule has 0 bridgehead atoms. The minimum absolute atomic E-state index is 0.137. The number of amides is 1. The Morgan fingerprint density at radius 2 is 1.86 bits per heavy atom. The Kier molecular flexibility index (Phi) is 4.99. The van der Waals surface area contributed by atoms with Crippen LogP contribution in [-0.2, 0) is 17.8 Å². The molecule has 7 nitrogen and oxygen atoms in total. The van der Waals surface area contributed by atoms with Crippen molar-refractivity contribution >= 4 is 27.8 Å². The van der Waals surface area contributed by atoms with Crippen LogP contribution in [0.5, 0.6) is 0 Å². The van der Waals surface area contributed by atoms with Crippen LogP contribution in [0.1, 0.15) is 12.0 Å². The van der Waals surface area contributed by atoms with Crippen LogP contribution in [-0.4, -0.2) is 27.0 Å². The molecule has 0 fully saturated rings. The molecule has 0 saturated carbocycles. The van der Waals surface area contributed by atoms with Crippen LogP contribution in [0.4, 0.5) is 4.39 Å². The minimum Gasteiger partial charge on any atom is -0.354 e. The zero-order chi connectivity index (χ0) is 20.4. The first-order valence-electron chi connectivity index (χ1n) is 9.27. The molecule has 2 aromatic heterocycles. The number of carbonyl (C=O) groups is 1. The average Bonchev–Trinajstić information content (AvgIpc) is 3.02. The number of benzene rings is 2. The Morgan fingerprint density at radius 1 is 1.03 bits per heavy atom. The molecule has 0 aliphatic heterocycles. The molecule has 8 heteroatoms. The maximum absolute atomic E-state index is 13.3. The van der Waals surface area contributed by atoms with Crippen molar-refractivity contribution in [1.82, 2.24) is 19.9 Å². The number of aryl methyl sites for hydroxylation is 1. The number of nitrogens with one attached hydrogen (secondary N) is 3. The van der Waals surface area contributed by atoms with E-state index in [-0.39, 0.29) is 30.0 Å². The van der Waals surface area contributed by atoms with Crippen LogP contribution >= 0.6 is 0 Å². The van der Waals surface area contributed by atoms with Crippen molar-refractivity contribution in [3.05, 3.63) is 80.7 Å². The number of imidazole rings is 1. The van der Waals surface area contributed by atoms with E-state index in [0.29, 0.717) is 29.6 Å². The highest BCUT2D eigenvalue weighted by atomic mass is 19.1. The van der Waals surface area contributed by atoms with Gasteiger partial charge in [0.25, 0.3) is 5.56 Å². The fourth-order valence-electron chi connectivity index (χ4n) is 3.38. The monoisotopic (exact) mass is 394 g/mol. The topological polar surface area (TPSA) is 99.8 Å². The summed E-state index contributed by atoms with van der Waals surface area (Å²) in [6.07, 6.45) is 0.403. The van der Waals surface area contributed by atoms with Gasteiger partial charge in [0.2, 0.25) is 5.91 Å². The molecule has 0 unspecified atom stereocenters. The third-order valence-corrected chi connectivity index (χ3v) is 4.85. The quantitative estimate of drug-likeness (QED) is 0.467. The lowest BCUT2D eigenvalue weighted by Crippen LogP contribution is -2.30. The van der Waals surface area contributed by atoms with Gasteiger partial charge in [-0.1, -0.05) is 12.1 Å². The predicted molar refractivity (Wildman–Crippen MR) is 108 cm³/mol.